The average Bonchev–Trinajstić information content (AvgIpc) is 2.35. The monoisotopic (exact) mass is 281 g/mol. The molecular weight excluding hydrogens is 259 g/mol. The lowest BCUT2D eigenvalue weighted by Crippen LogP contribution is -2.46. The second-order valence-electron chi connectivity index (χ2n) is 5.44. The lowest BCUT2D eigenvalue weighted by molar-refractivity contribution is -0.197. The molecule has 1 heterocycles. The van der Waals surface area contributed by atoms with Gasteiger partial charge in [0.2, 0.25) is 0 Å². The van der Waals surface area contributed by atoms with Gasteiger partial charge in [0.25, 0.3) is 0 Å². The van der Waals surface area contributed by atoms with Crippen LogP contribution in [0.4, 0.5) is 13.2 Å². The topological polar surface area (TPSA) is 40.5 Å². The molecule has 1 saturated heterocycles. The Kier molecular flexibility index (Phi) is 5.24. The second-order valence-corrected chi connectivity index (χ2v) is 5.44. The number of nitrogens with zero attached hydrogens (tertiary/aromatic N) is 1. The second kappa shape index (κ2) is 6.11. The SMILES string of the molecule is CCC1(CC)CCN(CC(C(=O)O)C(F)(F)F)CC1. The highest BCUT2D eigenvalue weighted by atomic mass is 19.4. The summed E-state index contributed by atoms with van der Waals surface area (Å²) in [6.07, 6.45) is -0.914. The minimum absolute atomic E-state index is 0.230. The van der Waals surface area contributed by atoms with Crippen LogP contribution in [0.2, 0.25) is 0 Å². The average molecular weight is 281 g/mol. The molecule has 3 nitrogen and oxygen atoms in total. The van der Waals surface area contributed by atoms with Crippen LogP contribution in [0.5, 0.6) is 0 Å². The largest absolute Gasteiger partial charge is 0.481 e. The number of hydrogen-bond donors (Lipinski definition) is 1. The van der Waals surface area contributed by atoms with E-state index in [1.54, 1.807) is 4.90 Å². The minimum atomic E-state index is -4.67. The van der Waals surface area contributed by atoms with Crippen LogP contribution in [-0.2, 0) is 4.79 Å². The fourth-order valence-corrected chi connectivity index (χ4v) is 2.75. The van der Waals surface area contributed by atoms with Crippen molar-refractivity contribution in [2.75, 3.05) is 19.6 Å². The van der Waals surface area contributed by atoms with Crippen LogP contribution in [0.15, 0.2) is 0 Å². The highest BCUT2D eigenvalue weighted by Crippen LogP contribution is 2.38. The lowest BCUT2D eigenvalue weighted by atomic mass is 9.74. The summed E-state index contributed by atoms with van der Waals surface area (Å²) in [7, 11) is 0. The van der Waals surface area contributed by atoms with E-state index in [9.17, 15) is 18.0 Å². The van der Waals surface area contributed by atoms with Gasteiger partial charge in [-0.1, -0.05) is 26.7 Å². The molecule has 112 valence electrons. The van der Waals surface area contributed by atoms with E-state index >= 15 is 0 Å². The van der Waals surface area contributed by atoms with Crippen LogP contribution >= 0.6 is 0 Å². The molecule has 6 heteroatoms. The Labute approximate surface area is 111 Å². The molecule has 0 radical (unpaired) electrons. The molecule has 1 atom stereocenters. The zero-order valence-corrected chi connectivity index (χ0v) is 11.5. The smallest absolute Gasteiger partial charge is 0.403 e. The maximum absolute atomic E-state index is 12.6. The van der Waals surface area contributed by atoms with Crippen molar-refractivity contribution >= 4 is 5.97 Å². The Morgan fingerprint density at radius 2 is 1.74 bits per heavy atom. The van der Waals surface area contributed by atoms with E-state index in [1.165, 1.54) is 0 Å². The van der Waals surface area contributed by atoms with Crippen LogP contribution in [0.3, 0.4) is 0 Å². The van der Waals surface area contributed by atoms with Gasteiger partial charge in [-0.2, -0.15) is 13.2 Å². The third-order valence-electron chi connectivity index (χ3n) is 4.55. The van der Waals surface area contributed by atoms with Gasteiger partial charge in [0.15, 0.2) is 5.92 Å². The molecule has 0 saturated carbocycles. The van der Waals surface area contributed by atoms with E-state index in [1.807, 2.05) is 0 Å². The van der Waals surface area contributed by atoms with Crippen molar-refractivity contribution in [1.82, 2.24) is 4.90 Å². The van der Waals surface area contributed by atoms with Gasteiger partial charge in [0.1, 0.15) is 0 Å². The van der Waals surface area contributed by atoms with Crippen LogP contribution in [0.25, 0.3) is 0 Å². The summed E-state index contributed by atoms with van der Waals surface area (Å²) < 4.78 is 37.8. The van der Waals surface area contributed by atoms with Gasteiger partial charge < -0.3 is 10.0 Å². The van der Waals surface area contributed by atoms with Gasteiger partial charge in [0, 0.05) is 6.54 Å². The number of hydrogen-bond acceptors (Lipinski definition) is 2. The highest BCUT2D eigenvalue weighted by Gasteiger charge is 2.46. The number of alkyl halides is 3. The maximum Gasteiger partial charge on any atom is 0.403 e. The summed E-state index contributed by atoms with van der Waals surface area (Å²) in [6, 6.07) is 0. The Hall–Kier alpha value is -0.780. The summed E-state index contributed by atoms with van der Waals surface area (Å²) in [5.41, 5.74) is 0.230. The van der Waals surface area contributed by atoms with Crippen LogP contribution < -0.4 is 0 Å². The molecule has 0 aromatic heterocycles. The van der Waals surface area contributed by atoms with Crippen molar-refractivity contribution < 1.29 is 23.1 Å². The minimum Gasteiger partial charge on any atom is -0.481 e. The summed E-state index contributed by atoms with van der Waals surface area (Å²) in [5, 5.41) is 8.69. The molecule has 0 aromatic carbocycles. The van der Waals surface area contributed by atoms with Gasteiger partial charge in [0.05, 0.1) is 0 Å². The summed E-state index contributed by atoms with van der Waals surface area (Å²) in [5.74, 6) is -4.06. The van der Waals surface area contributed by atoms with Gasteiger partial charge in [-0.3, -0.25) is 4.79 Å². The maximum atomic E-state index is 12.6. The Balaban J connectivity index is 2.59. The summed E-state index contributed by atoms with van der Waals surface area (Å²) in [6.45, 7) is 4.90. The quantitative estimate of drug-likeness (QED) is 0.841. The predicted octanol–water partition coefficient (Wildman–Crippen LogP) is 3.15. The highest BCUT2D eigenvalue weighted by molar-refractivity contribution is 5.71. The molecular formula is C13H22F3NO2. The molecule has 19 heavy (non-hydrogen) atoms. The number of aliphatic carboxylic acids is 1. The molecule has 1 aliphatic rings. The van der Waals surface area contributed by atoms with Crippen molar-refractivity contribution in [3.8, 4) is 0 Å². The number of carboxylic acid groups (broad SMARTS) is 1. The van der Waals surface area contributed by atoms with Crippen molar-refractivity contribution in [3.05, 3.63) is 0 Å². The number of likely N-dealkylation sites (tertiary alicyclic amines) is 1. The third-order valence-corrected chi connectivity index (χ3v) is 4.55. The van der Waals surface area contributed by atoms with Crippen LogP contribution in [-0.4, -0.2) is 41.8 Å². The number of rotatable bonds is 5. The van der Waals surface area contributed by atoms with E-state index in [2.05, 4.69) is 13.8 Å². The molecule has 1 unspecified atom stereocenters. The first-order valence-electron chi connectivity index (χ1n) is 6.76. The summed E-state index contributed by atoms with van der Waals surface area (Å²) in [4.78, 5) is 12.3. The van der Waals surface area contributed by atoms with Gasteiger partial charge >= 0.3 is 12.1 Å². The Morgan fingerprint density at radius 1 is 1.26 bits per heavy atom. The van der Waals surface area contributed by atoms with Crippen molar-refractivity contribution in [2.24, 2.45) is 11.3 Å². The number of carbonyl (C=O) groups is 1. The number of piperidine rings is 1. The van der Waals surface area contributed by atoms with Gasteiger partial charge in [-0.25, -0.2) is 0 Å². The van der Waals surface area contributed by atoms with Crippen LogP contribution in [0, 0.1) is 11.3 Å². The Morgan fingerprint density at radius 3 is 2.05 bits per heavy atom. The fraction of sp³-hybridized carbons (Fsp3) is 0.923. The Bertz CT molecular complexity index is 304. The van der Waals surface area contributed by atoms with Gasteiger partial charge in [-0.05, 0) is 31.3 Å². The first-order chi connectivity index (χ1) is 8.74. The molecule has 1 fully saturated rings. The standard InChI is InChI=1S/C13H22F3NO2/c1-3-12(4-2)5-7-17(8-6-12)9-10(11(18)19)13(14,15)16/h10H,3-9H2,1-2H3,(H,18,19). The van der Waals surface area contributed by atoms with E-state index in [0.29, 0.717) is 13.1 Å². The van der Waals surface area contributed by atoms with E-state index in [0.717, 1.165) is 25.7 Å². The molecule has 1 rings (SSSR count). The van der Waals surface area contributed by atoms with Gasteiger partial charge in [-0.15, -0.1) is 0 Å². The molecule has 1 N–H and O–H groups in total. The lowest BCUT2D eigenvalue weighted by Gasteiger charge is -2.41. The van der Waals surface area contributed by atoms with Crippen molar-refractivity contribution in [2.45, 2.75) is 45.7 Å². The molecule has 0 aliphatic carbocycles. The zero-order valence-electron chi connectivity index (χ0n) is 11.5. The van der Waals surface area contributed by atoms with Crippen molar-refractivity contribution in [3.63, 3.8) is 0 Å². The predicted molar refractivity (Wildman–Crippen MR) is 65.9 cm³/mol. The summed E-state index contributed by atoms with van der Waals surface area (Å²) >= 11 is 0. The molecule has 0 bridgehead atoms. The molecule has 0 spiro atoms. The van der Waals surface area contributed by atoms with Crippen molar-refractivity contribution in [1.29, 1.82) is 0 Å². The number of halogens is 3. The van der Waals surface area contributed by atoms with E-state index < -0.39 is 24.6 Å². The first-order valence-corrected chi connectivity index (χ1v) is 6.76. The molecule has 1 aliphatic heterocycles. The molecule has 0 aromatic rings. The fourth-order valence-electron chi connectivity index (χ4n) is 2.75. The van der Waals surface area contributed by atoms with E-state index in [4.69, 9.17) is 5.11 Å². The van der Waals surface area contributed by atoms with Crippen LogP contribution in [0.1, 0.15) is 39.5 Å². The number of carboxylic acids is 1. The normalized spacial score (nSPS) is 22.2. The first kappa shape index (κ1) is 16.3. The zero-order chi connectivity index (χ0) is 14.7. The third kappa shape index (κ3) is 4.09. The molecule has 0 amide bonds. The van der Waals surface area contributed by atoms with E-state index in [-0.39, 0.29) is 5.41 Å².